The Hall–Kier alpha value is -1.49. The van der Waals surface area contributed by atoms with Gasteiger partial charge in [-0.05, 0) is 35.4 Å². The summed E-state index contributed by atoms with van der Waals surface area (Å²) in [6.45, 7) is 0. The van der Waals surface area contributed by atoms with Gasteiger partial charge in [-0.3, -0.25) is 0 Å². The number of nitrogens with two attached hydrogens (primary N) is 1. The van der Waals surface area contributed by atoms with E-state index in [1.54, 1.807) is 24.3 Å². The molecule has 2 aromatic carbocycles. The molecular formula is C14H12ClF2NO. The van der Waals surface area contributed by atoms with Crippen LogP contribution in [0, 0.1) is 11.6 Å². The largest absolute Gasteiger partial charge is 0.386 e. The second kappa shape index (κ2) is 5.65. The van der Waals surface area contributed by atoms with Crippen LogP contribution in [0.5, 0.6) is 0 Å². The van der Waals surface area contributed by atoms with E-state index in [1.165, 1.54) is 0 Å². The zero-order valence-electron chi connectivity index (χ0n) is 9.85. The first-order chi connectivity index (χ1) is 8.97. The lowest BCUT2D eigenvalue weighted by Crippen LogP contribution is -2.19. The molecule has 0 radical (unpaired) electrons. The maximum atomic E-state index is 13.1. The zero-order valence-corrected chi connectivity index (χ0v) is 10.6. The third kappa shape index (κ3) is 3.29. The van der Waals surface area contributed by atoms with Crippen LogP contribution in [0.2, 0.25) is 5.02 Å². The quantitative estimate of drug-likeness (QED) is 0.907. The lowest BCUT2D eigenvalue weighted by Gasteiger charge is -2.19. The molecule has 2 aromatic rings. The molecule has 0 amide bonds. The fourth-order valence-corrected chi connectivity index (χ4v) is 1.95. The van der Waals surface area contributed by atoms with Gasteiger partial charge >= 0.3 is 0 Å². The summed E-state index contributed by atoms with van der Waals surface area (Å²) in [5, 5.41) is 10.6. The molecule has 0 saturated heterocycles. The number of halogens is 3. The summed E-state index contributed by atoms with van der Waals surface area (Å²) in [7, 11) is 0. The third-order valence-electron chi connectivity index (χ3n) is 2.82. The van der Waals surface area contributed by atoms with Gasteiger partial charge in [-0.2, -0.15) is 0 Å². The van der Waals surface area contributed by atoms with E-state index in [0.717, 1.165) is 18.2 Å². The Balaban J connectivity index is 2.27. The summed E-state index contributed by atoms with van der Waals surface area (Å²) in [5.74, 6) is -1.50. The van der Waals surface area contributed by atoms with E-state index < -0.39 is 23.8 Å². The summed E-state index contributed by atoms with van der Waals surface area (Å²) < 4.78 is 26.2. The number of hydrogen-bond donors (Lipinski definition) is 2. The van der Waals surface area contributed by atoms with Crippen LogP contribution in [0.4, 0.5) is 8.78 Å². The maximum Gasteiger partial charge on any atom is 0.126 e. The molecule has 2 atom stereocenters. The van der Waals surface area contributed by atoms with Gasteiger partial charge in [0, 0.05) is 11.1 Å². The molecule has 0 bridgehead atoms. The Labute approximate surface area is 114 Å². The standard InChI is InChI=1S/C14H12ClF2NO/c15-10-3-1-8(2-4-10)13(18)14(19)9-5-11(16)7-12(17)6-9/h1-7,13-14,19H,18H2/t13-,14-/m1/s1. The average molecular weight is 284 g/mol. The molecule has 3 N–H and O–H groups in total. The summed E-state index contributed by atoms with van der Waals surface area (Å²) in [5.41, 5.74) is 6.61. The van der Waals surface area contributed by atoms with Crippen molar-refractivity contribution in [2.75, 3.05) is 0 Å². The predicted molar refractivity (Wildman–Crippen MR) is 69.7 cm³/mol. The minimum atomic E-state index is -1.20. The normalized spacial score (nSPS) is 14.2. The molecule has 0 heterocycles. The molecule has 0 aliphatic rings. The van der Waals surface area contributed by atoms with Crippen LogP contribution < -0.4 is 5.73 Å². The van der Waals surface area contributed by atoms with Gasteiger partial charge in [-0.15, -0.1) is 0 Å². The molecule has 2 rings (SSSR count). The summed E-state index contributed by atoms with van der Waals surface area (Å²) in [6.07, 6.45) is -1.20. The maximum absolute atomic E-state index is 13.1. The summed E-state index contributed by atoms with van der Waals surface area (Å²) in [4.78, 5) is 0. The van der Waals surface area contributed by atoms with Crippen LogP contribution in [0.3, 0.4) is 0 Å². The second-order valence-electron chi connectivity index (χ2n) is 4.22. The van der Waals surface area contributed by atoms with E-state index in [2.05, 4.69) is 0 Å². The molecule has 0 saturated carbocycles. The molecule has 2 nitrogen and oxygen atoms in total. The van der Waals surface area contributed by atoms with E-state index in [9.17, 15) is 13.9 Å². The predicted octanol–water partition coefficient (Wildman–Crippen LogP) is 3.35. The van der Waals surface area contributed by atoms with Gasteiger partial charge in [0.15, 0.2) is 0 Å². The highest BCUT2D eigenvalue weighted by Crippen LogP contribution is 2.28. The van der Waals surface area contributed by atoms with Crippen LogP contribution in [-0.2, 0) is 0 Å². The van der Waals surface area contributed by atoms with Crippen molar-refractivity contribution in [1.29, 1.82) is 0 Å². The first-order valence-corrected chi connectivity index (χ1v) is 6.00. The Morgan fingerprint density at radius 2 is 1.47 bits per heavy atom. The molecule has 0 aliphatic carbocycles. The van der Waals surface area contributed by atoms with Crippen molar-refractivity contribution < 1.29 is 13.9 Å². The Morgan fingerprint density at radius 3 is 2.00 bits per heavy atom. The van der Waals surface area contributed by atoms with Crippen LogP contribution in [0.15, 0.2) is 42.5 Å². The van der Waals surface area contributed by atoms with Crippen molar-refractivity contribution in [3.8, 4) is 0 Å². The summed E-state index contributed by atoms with van der Waals surface area (Å²) in [6, 6.07) is 8.65. The van der Waals surface area contributed by atoms with Crippen molar-refractivity contribution in [3.05, 3.63) is 70.2 Å². The number of aliphatic hydroxyl groups is 1. The van der Waals surface area contributed by atoms with Crippen LogP contribution in [-0.4, -0.2) is 5.11 Å². The molecular weight excluding hydrogens is 272 g/mol. The smallest absolute Gasteiger partial charge is 0.126 e. The van der Waals surface area contributed by atoms with Crippen molar-refractivity contribution in [2.24, 2.45) is 5.73 Å². The van der Waals surface area contributed by atoms with Gasteiger partial charge in [0.05, 0.1) is 12.1 Å². The van der Waals surface area contributed by atoms with Gasteiger partial charge in [0.2, 0.25) is 0 Å². The van der Waals surface area contributed by atoms with Crippen LogP contribution in [0.1, 0.15) is 23.3 Å². The van der Waals surface area contributed by atoms with Crippen molar-refractivity contribution >= 4 is 11.6 Å². The van der Waals surface area contributed by atoms with Gasteiger partial charge in [0.25, 0.3) is 0 Å². The number of hydrogen-bond acceptors (Lipinski definition) is 2. The molecule has 5 heteroatoms. The van der Waals surface area contributed by atoms with Gasteiger partial charge in [-0.25, -0.2) is 8.78 Å². The van der Waals surface area contributed by atoms with Gasteiger partial charge in [0.1, 0.15) is 11.6 Å². The van der Waals surface area contributed by atoms with E-state index in [0.29, 0.717) is 10.6 Å². The van der Waals surface area contributed by atoms with E-state index in [4.69, 9.17) is 17.3 Å². The second-order valence-corrected chi connectivity index (χ2v) is 4.66. The van der Waals surface area contributed by atoms with E-state index >= 15 is 0 Å². The molecule has 0 aliphatic heterocycles. The number of benzene rings is 2. The zero-order chi connectivity index (χ0) is 14.0. The highest BCUT2D eigenvalue weighted by molar-refractivity contribution is 6.30. The topological polar surface area (TPSA) is 46.2 Å². The lowest BCUT2D eigenvalue weighted by atomic mass is 9.96. The first kappa shape index (κ1) is 13.9. The number of aliphatic hydroxyl groups excluding tert-OH is 1. The fraction of sp³-hybridized carbons (Fsp3) is 0.143. The highest BCUT2D eigenvalue weighted by atomic mass is 35.5. The highest BCUT2D eigenvalue weighted by Gasteiger charge is 2.20. The minimum Gasteiger partial charge on any atom is -0.386 e. The van der Waals surface area contributed by atoms with Crippen molar-refractivity contribution in [1.82, 2.24) is 0 Å². The Morgan fingerprint density at radius 1 is 0.947 bits per heavy atom. The van der Waals surface area contributed by atoms with Gasteiger partial charge < -0.3 is 10.8 Å². The van der Waals surface area contributed by atoms with Crippen LogP contribution in [0.25, 0.3) is 0 Å². The molecule has 0 spiro atoms. The minimum absolute atomic E-state index is 0.0972. The van der Waals surface area contributed by atoms with Crippen molar-refractivity contribution in [3.63, 3.8) is 0 Å². The SMILES string of the molecule is N[C@H](c1ccc(Cl)cc1)[C@H](O)c1cc(F)cc(F)c1. The summed E-state index contributed by atoms with van der Waals surface area (Å²) >= 11 is 5.75. The van der Waals surface area contributed by atoms with Crippen LogP contribution >= 0.6 is 11.6 Å². The molecule has 0 fully saturated rings. The average Bonchev–Trinajstić information content (AvgIpc) is 2.37. The lowest BCUT2D eigenvalue weighted by molar-refractivity contribution is 0.146. The van der Waals surface area contributed by atoms with E-state index in [-0.39, 0.29) is 5.56 Å². The van der Waals surface area contributed by atoms with E-state index in [1.807, 2.05) is 0 Å². The molecule has 0 aromatic heterocycles. The monoisotopic (exact) mass is 283 g/mol. The molecule has 19 heavy (non-hydrogen) atoms. The number of rotatable bonds is 3. The third-order valence-corrected chi connectivity index (χ3v) is 3.07. The van der Waals surface area contributed by atoms with Gasteiger partial charge in [-0.1, -0.05) is 23.7 Å². The molecule has 100 valence electrons. The fourth-order valence-electron chi connectivity index (χ4n) is 1.82. The Bertz CT molecular complexity index is 554. The Kier molecular flexibility index (Phi) is 4.14. The first-order valence-electron chi connectivity index (χ1n) is 5.62. The van der Waals surface area contributed by atoms with Crippen molar-refractivity contribution in [2.45, 2.75) is 12.1 Å². The molecule has 0 unspecified atom stereocenters.